The molecule has 2 rings (SSSR count). The molecule has 1 heterocycles. The van der Waals surface area contributed by atoms with Crippen molar-refractivity contribution in [2.24, 2.45) is 0 Å². The lowest BCUT2D eigenvalue weighted by atomic mass is 10.1. The Bertz CT molecular complexity index is 535. The first-order valence-electron chi connectivity index (χ1n) is 4.45. The van der Waals surface area contributed by atoms with Crippen LogP contribution in [0.1, 0.15) is 12.6 Å². The lowest BCUT2D eigenvalue weighted by Gasteiger charge is -1.98. The first kappa shape index (κ1) is 10.1. The second-order valence-electron chi connectivity index (χ2n) is 3.10. The van der Waals surface area contributed by atoms with Crippen LogP contribution in [0.2, 0.25) is 0 Å². The molecular weight excluding hydrogens is 262 g/mol. The molecule has 0 atom stereocenters. The summed E-state index contributed by atoms with van der Waals surface area (Å²) >= 11 is 3.18. The molecular formula is C9H8BrN3O2. The number of rotatable bonds is 2. The molecule has 0 saturated heterocycles. The van der Waals surface area contributed by atoms with Gasteiger partial charge in [0.1, 0.15) is 5.39 Å². The van der Waals surface area contributed by atoms with E-state index in [-0.39, 0.29) is 10.6 Å². The maximum Gasteiger partial charge on any atom is 0.294 e. The van der Waals surface area contributed by atoms with Crippen molar-refractivity contribution in [2.75, 3.05) is 0 Å². The van der Waals surface area contributed by atoms with Crippen LogP contribution in [0.25, 0.3) is 10.9 Å². The highest BCUT2D eigenvalue weighted by atomic mass is 79.9. The van der Waals surface area contributed by atoms with Gasteiger partial charge in [0.05, 0.1) is 14.9 Å². The van der Waals surface area contributed by atoms with Crippen LogP contribution >= 0.6 is 15.9 Å². The predicted octanol–water partition coefficient (Wildman–Crippen LogP) is 2.80. The molecule has 0 unspecified atom stereocenters. The van der Waals surface area contributed by atoms with Crippen molar-refractivity contribution in [1.29, 1.82) is 0 Å². The van der Waals surface area contributed by atoms with Gasteiger partial charge in [-0.25, -0.2) is 0 Å². The van der Waals surface area contributed by atoms with Crippen molar-refractivity contribution in [3.63, 3.8) is 0 Å². The molecule has 0 bridgehead atoms. The highest BCUT2D eigenvalue weighted by molar-refractivity contribution is 9.10. The van der Waals surface area contributed by atoms with Crippen LogP contribution < -0.4 is 0 Å². The zero-order chi connectivity index (χ0) is 11.0. The van der Waals surface area contributed by atoms with Gasteiger partial charge in [0.2, 0.25) is 0 Å². The van der Waals surface area contributed by atoms with E-state index < -0.39 is 0 Å². The highest BCUT2D eigenvalue weighted by Gasteiger charge is 2.21. The number of aryl methyl sites for hydroxylation is 1. The van der Waals surface area contributed by atoms with Crippen molar-refractivity contribution in [3.05, 3.63) is 32.4 Å². The van der Waals surface area contributed by atoms with E-state index >= 15 is 0 Å². The molecule has 1 aromatic carbocycles. The Labute approximate surface area is 93.8 Å². The van der Waals surface area contributed by atoms with Gasteiger partial charge in [-0.1, -0.05) is 6.92 Å². The lowest BCUT2D eigenvalue weighted by Crippen LogP contribution is -1.92. The highest BCUT2D eigenvalue weighted by Crippen LogP contribution is 2.34. The average molecular weight is 270 g/mol. The van der Waals surface area contributed by atoms with Crippen LogP contribution in [-0.4, -0.2) is 15.1 Å². The Kier molecular flexibility index (Phi) is 2.44. The van der Waals surface area contributed by atoms with Crippen LogP contribution in [0.4, 0.5) is 5.69 Å². The summed E-state index contributed by atoms with van der Waals surface area (Å²) in [7, 11) is 0. The third kappa shape index (κ3) is 1.50. The van der Waals surface area contributed by atoms with Gasteiger partial charge in [0.15, 0.2) is 0 Å². The molecule has 0 aliphatic heterocycles. The average Bonchev–Trinajstić information content (AvgIpc) is 2.59. The first-order chi connectivity index (χ1) is 7.15. The lowest BCUT2D eigenvalue weighted by molar-refractivity contribution is -0.383. The molecule has 0 aliphatic carbocycles. The van der Waals surface area contributed by atoms with Crippen molar-refractivity contribution in [2.45, 2.75) is 13.3 Å². The first-order valence-corrected chi connectivity index (χ1v) is 5.24. The number of benzene rings is 1. The maximum absolute atomic E-state index is 10.9. The van der Waals surface area contributed by atoms with Crippen molar-refractivity contribution >= 4 is 32.5 Å². The quantitative estimate of drug-likeness (QED) is 0.673. The van der Waals surface area contributed by atoms with E-state index in [0.29, 0.717) is 21.8 Å². The molecule has 78 valence electrons. The van der Waals surface area contributed by atoms with E-state index in [4.69, 9.17) is 0 Å². The fraction of sp³-hybridized carbons (Fsp3) is 0.222. The molecule has 0 aliphatic rings. The number of nitro benzene ring substituents is 1. The van der Waals surface area contributed by atoms with Crippen LogP contribution in [-0.2, 0) is 6.42 Å². The van der Waals surface area contributed by atoms with Crippen molar-refractivity contribution in [3.8, 4) is 0 Å². The van der Waals surface area contributed by atoms with E-state index in [1.165, 1.54) is 0 Å². The largest absolute Gasteiger partial charge is 0.294 e. The fourth-order valence-electron chi connectivity index (χ4n) is 1.56. The van der Waals surface area contributed by atoms with Gasteiger partial charge in [-0.05, 0) is 34.5 Å². The second-order valence-corrected chi connectivity index (χ2v) is 3.96. The molecule has 2 aromatic rings. The molecule has 1 N–H and O–H groups in total. The summed E-state index contributed by atoms with van der Waals surface area (Å²) in [4.78, 5) is 10.5. The predicted molar refractivity (Wildman–Crippen MR) is 59.8 cm³/mol. The Morgan fingerprint density at radius 1 is 1.60 bits per heavy atom. The number of halogens is 1. The Morgan fingerprint density at radius 3 is 2.93 bits per heavy atom. The number of H-pyrrole nitrogens is 1. The molecule has 1 aromatic heterocycles. The minimum atomic E-state index is -0.388. The van der Waals surface area contributed by atoms with Crippen LogP contribution in [0.3, 0.4) is 0 Å². The Morgan fingerprint density at radius 2 is 2.33 bits per heavy atom. The number of aromatic nitrogens is 2. The second kappa shape index (κ2) is 3.62. The number of aromatic amines is 1. The summed E-state index contributed by atoms with van der Waals surface area (Å²) in [5.74, 6) is 0. The molecule has 5 nitrogen and oxygen atoms in total. The smallest absolute Gasteiger partial charge is 0.281 e. The van der Waals surface area contributed by atoms with Crippen LogP contribution in [0.15, 0.2) is 16.6 Å². The number of hydrogen-bond donors (Lipinski definition) is 1. The topological polar surface area (TPSA) is 71.8 Å². The van der Waals surface area contributed by atoms with Crippen LogP contribution in [0.5, 0.6) is 0 Å². The van der Waals surface area contributed by atoms with Gasteiger partial charge < -0.3 is 0 Å². The standard InChI is InChI=1S/C9H8BrN3O2/c1-2-6-8-7(12-11-6)4-3-5(10)9(8)13(14)15/h3-4H,2H2,1H3,(H,11,12). The molecule has 0 saturated carbocycles. The number of hydrogen-bond acceptors (Lipinski definition) is 3. The van der Waals surface area contributed by atoms with Gasteiger partial charge in [0.25, 0.3) is 5.69 Å². The number of nitrogens with one attached hydrogen (secondary N) is 1. The van der Waals surface area contributed by atoms with Gasteiger partial charge in [-0.3, -0.25) is 15.2 Å². The summed E-state index contributed by atoms with van der Waals surface area (Å²) in [6.45, 7) is 1.93. The van der Waals surface area contributed by atoms with Gasteiger partial charge >= 0.3 is 0 Å². The third-order valence-electron chi connectivity index (χ3n) is 2.26. The summed E-state index contributed by atoms with van der Waals surface area (Å²) in [5.41, 5.74) is 1.50. The monoisotopic (exact) mass is 269 g/mol. The number of nitro groups is 1. The minimum absolute atomic E-state index is 0.0816. The summed E-state index contributed by atoms with van der Waals surface area (Å²) < 4.78 is 0.483. The molecule has 6 heteroatoms. The Balaban J connectivity index is 2.89. The minimum Gasteiger partial charge on any atom is -0.281 e. The summed E-state index contributed by atoms with van der Waals surface area (Å²) in [5, 5.41) is 18.4. The maximum atomic E-state index is 10.9. The van der Waals surface area contributed by atoms with E-state index in [2.05, 4.69) is 26.1 Å². The summed E-state index contributed by atoms with van der Waals surface area (Å²) in [6, 6.07) is 3.39. The normalized spacial score (nSPS) is 10.8. The SMILES string of the molecule is CCc1[nH]nc2ccc(Br)c([N+](=O)[O-])c12. The van der Waals surface area contributed by atoms with Gasteiger partial charge in [0, 0.05) is 5.69 Å². The van der Waals surface area contributed by atoms with Crippen molar-refractivity contribution in [1.82, 2.24) is 10.2 Å². The molecule has 0 radical (unpaired) electrons. The zero-order valence-electron chi connectivity index (χ0n) is 7.95. The van der Waals surface area contributed by atoms with E-state index in [1.54, 1.807) is 12.1 Å². The fourth-order valence-corrected chi connectivity index (χ4v) is 2.04. The summed E-state index contributed by atoms with van der Waals surface area (Å²) in [6.07, 6.45) is 0.688. The van der Waals surface area contributed by atoms with E-state index in [1.807, 2.05) is 6.92 Å². The molecule has 15 heavy (non-hydrogen) atoms. The third-order valence-corrected chi connectivity index (χ3v) is 2.90. The van der Waals surface area contributed by atoms with E-state index in [0.717, 1.165) is 5.69 Å². The van der Waals surface area contributed by atoms with Gasteiger partial charge in [-0.2, -0.15) is 5.10 Å². The molecule has 0 spiro atoms. The van der Waals surface area contributed by atoms with E-state index in [9.17, 15) is 10.1 Å². The molecule has 0 amide bonds. The Hall–Kier alpha value is -1.43. The van der Waals surface area contributed by atoms with Crippen molar-refractivity contribution < 1.29 is 4.92 Å². The van der Waals surface area contributed by atoms with Crippen LogP contribution in [0, 0.1) is 10.1 Å². The number of fused-ring (bicyclic) bond motifs is 1. The molecule has 0 fully saturated rings. The van der Waals surface area contributed by atoms with Gasteiger partial charge in [-0.15, -0.1) is 0 Å². The zero-order valence-corrected chi connectivity index (χ0v) is 9.54. The number of nitrogens with zero attached hydrogens (tertiary/aromatic N) is 2.